The number of rotatable bonds is 11. The Balaban J connectivity index is 0.00000441. The van der Waals surface area contributed by atoms with Gasteiger partial charge in [0.1, 0.15) is 27.5 Å². The molecule has 1 aliphatic rings. The number of anilines is 1. The number of hydrogen-bond acceptors (Lipinski definition) is 8. The molecule has 0 spiro atoms. The smallest absolute Gasteiger partial charge is 0.243 e. The van der Waals surface area contributed by atoms with E-state index in [4.69, 9.17) is 14.5 Å². The fourth-order valence-electron chi connectivity index (χ4n) is 4.79. The lowest BCUT2D eigenvalue weighted by atomic mass is 9.96. The third-order valence-corrected chi connectivity index (χ3v) is 10.2. The Labute approximate surface area is 245 Å². The third kappa shape index (κ3) is 6.68. The molecule has 3 aromatic rings. The van der Waals surface area contributed by atoms with Crippen molar-refractivity contribution in [1.82, 2.24) is 14.2 Å². The Hall–Kier alpha value is -2.51. The first-order valence-corrected chi connectivity index (χ1v) is 15.3. The van der Waals surface area contributed by atoms with E-state index in [0.29, 0.717) is 48.1 Å². The molecule has 4 rings (SSSR count). The number of hydrogen-bond donors (Lipinski definition) is 0. The summed E-state index contributed by atoms with van der Waals surface area (Å²) >= 11 is 1.38. The van der Waals surface area contributed by atoms with Crippen LogP contribution in [0.15, 0.2) is 41.3 Å². The second kappa shape index (κ2) is 13.9. The van der Waals surface area contributed by atoms with Crippen LogP contribution in [0.3, 0.4) is 0 Å². The normalized spacial score (nSPS) is 14.8. The number of benzene rings is 2. The predicted octanol–water partition coefficient (Wildman–Crippen LogP) is 4.65. The number of amides is 1. The predicted molar refractivity (Wildman–Crippen MR) is 158 cm³/mol. The summed E-state index contributed by atoms with van der Waals surface area (Å²) < 4.78 is 52.7. The lowest BCUT2D eigenvalue weighted by Crippen LogP contribution is -2.46. The van der Waals surface area contributed by atoms with Gasteiger partial charge in [0, 0.05) is 32.1 Å². The van der Waals surface area contributed by atoms with Crippen LogP contribution in [0, 0.1) is 11.7 Å². The number of sulfonamides is 1. The van der Waals surface area contributed by atoms with E-state index in [1.807, 2.05) is 6.07 Å². The van der Waals surface area contributed by atoms with Crippen molar-refractivity contribution in [3.8, 4) is 11.5 Å². The summed E-state index contributed by atoms with van der Waals surface area (Å²) in [5, 5.41) is 0.561. The molecule has 2 aromatic carbocycles. The maximum atomic E-state index is 13.9. The van der Waals surface area contributed by atoms with Crippen molar-refractivity contribution < 1.29 is 27.1 Å². The Kier molecular flexibility index (Phi) is 11.1. The van der Waals surface area contributed by atoms with Gasteiger partial charge in [0.05, 0.1) is 19.1 Å². The molecule has 1 amide bonds. The molecule has 9 nitrogen and oxygen atoms in total. The Morgan fingerprint density at radius 3 is 2.20 bits per heavy atom. The van der Waals surface area contributed by atoms with Gasteiger partial charge in [0.15, 0.2) is 5.13 Å². The average molecular weight is 615 g/mol. The molecular weight excluding hydrogens is 579 g/mol. The zero-order chi connectivity index (χ0) is 28.2. The number of thiazole rings is 1. The van der Waals surface area contributed by atoms with Crippen LogP contribution in [0.4, 0.5) is 9.52 Å². The van der Waals surface area contributed by atoms with Crippen molar-refractivity contribution in [2.75, 3.05) is 58.4 Å². The fourth-order valence-corrected chi connectivity index (χ4v) is 7.37. The molecule has 1 saturated heterocycles. The van der Waals surface area contributed by atoms with Gasteiger partial charge in [-0.2, -0.15) is 4.31 Å². The van der Waals surface area contributed by atoms with Crippen LogP contribution in [0.1, 0.15) is 26.7 Å². The molecule has 1 aliphatic heterocycles. The van der Waals surface area contributed by atoms with E-state index in [1.165, 1.54) is 27.8 Å². The summed E-state index contributed by atoms with van der Waals surface area (Å²) in [6.45, 7) is 7.45. The van der Waals surface area contributed by atoms with Crippen LogP contribution < -0.4 is 14.4 Å². The second-order valence-electron chi connectivity index (χ2n) is 9.29. The van der Waals surface area contributed by atoms with Crippen LogP contribution in [-0.2, 0) is 14.8 Å². The molecule has 0 unspecified atom stereocenters. The zero-order valence-electron chi connectivity index (χ0n) is 23.1. The van der Waals surface area contributed by atoms with Gasteiger partial charge < -0.3 is 14.4 Å². The summed E-state index contributed by atoms with van der Waals surface area (Å²) in [6, 6.07) is 8.43. The highest BCUT2D eigenvalue weighted by Gasteiger charge is 2.35. The fraction of sp³-hybridized carbons (Fsp3) is 0.481. The molecule has 2 heterocycles. The van der Waals surface area contributed by atoms with Gasteiger partial charge in [0.25, 0.3) is 0 Å². The Morgan fingerprint density at radius 2 is 1.62 bits per heavy atom. The van der Waals surface area contributed by atoms with Crippen LogP contribution >= 0.6 is 23.7 Å². The largest absolute Gasteiger partial charge is 0.495 e. The van der Waals surface area contributed by atoms with E-state index < -0.39 is 15.8 Å². The second-order valence-corrected chi connectivity index (χ2v) is 12.2. The van der Waals surface area contributed by atoms with Gasteiger partial charge in [-0.25, -0.2) is 17.8 Å². The van der Waals surface area contributed by atoms with E-state index >= 15 is 0 Å². The summed E-state index contributed by atoms with van der Waals surface area (Å²) in [5.41, 5.74) is 0.637. The topological polar surface area (TPSA) is 92.3 Å². The van der Waals surface area contributed by atoms with E-state index in [1.54, 1.807) is 25.2 Å². The van der Waals surface area contributed by atoms with Gasteiger partial charge >= 0.3 is 0 Å². The summed E-state index contributed by atoms with van der Waals surface area (Å²) in [5.74, 6) is 0.344. The van der Waals surface area contributed by atoms with Crippen molar-refractivity contribution in [2.24, 2.45) is 5.92 Å². The van der Waals surface area contributed by atoms with Gasteiger partial charge in [-0.3, -0.25) is 9.69 Å². The average Bonchev–Trinajstić information content (AvgIpc) is 3.40. The summed E-state index contributed by atoms with van der Waals surface area (Å²) in [4.78, 5) is 22.8. The zero-order valence-corrected chi connectivity index (χ0v) is 25.6. The number of piperidine rings is 1. The number of carbonyl (C=O) groups excluding carboxylic acids is 1. The molecular formula is C27H36ClFN4O5S2. The standard InChI is InChI=1S/C27H35FN4O5S2.ClH/c1-5-30(6-2)17-18-32(27-29-24-22(36-3)11-12-23(37-4)25(24)38-27)26(33)19-13-15-31(16-14-19)39(34,35)21-9-7-20(28)8-10-21;/h7-12,19H,5-6,13-18H2,1-4H3;1H. The van der Waals surface area contributed by atoms with Gasteiger partial charge in [-0.15, -0.1) is 12.4 Å². The molecule has 0 radical (unpaired) electrons. The quantitative estimate of drug-likeness (QED) is 0.310. The molecule has 0 N–H and O–H groups in total. The number of aromatic nitrogens is 1. The minimum atomic E-state index is -3.76. The van der Waals surface area contributed by atoms with Gasteiger partial charge in [-0.05, 0) is 62.3 Å². The highest BCUT2D eigenvalue weighted by Crippen LogP contribution is 2.40. The summed E-state index contributed by atoms with van der Waals surface area (Å²) in [6.07, 6.45) is 0.775. The van der Waals surface area contributed by atoms with Crippen LogP contribution in [0.2, 0.25) is 0 Å². The number of nitrogens with zero attached hydrogens (tertiary/aromatic N) is 4. The minimum Gasteiger partial charge on any atom is -0.495 e. The first-order valence-electron chi connectivity index (χ1n) is 13.0. The number of methoxy groups -OCH3 is 2. The van der Waals surface area contributed by atoms with Crippen molar-refractivity contribution in [3.63, 3.8) is 0 Å². The first-order chi connectivity index (χ1) is 18.7. The van der Waals surface area contributed by atoms with E-state index in [9.17, 15) is 17.6 Å². The number of fused-ring (bicyclic) bond motifs is 1. The lowest BCUT2D eigenvalue weighted by Gasteiger charge is -2.33. The lowest BCUT2D eigenvalue weighted by molar-refractivity contribution is -0.123. The van der Waals surface area contributed by atoms with Gasteiger partial charge in [-0.1, -0.05) is 25.2 Å². The number of halogens is 2. The molecule has 0 bridgehead atoms. The Morgan fingerprint density at radius 1 is 1.02 bits per heavy atom. The highest BCUT2D eigenvalue weighted by atomic mass is 35.5. The van der Waals surface area contributed by atoms with Crippen molar-refractivity contribution in [1.29, 1.82) is 0 Å². The van der Waals surface area contributed by atoms with Crippen LogP contribution in [0.5, 0.6) is 11.5 Å². The molecule has 40 heavy (non-hydrogen) atoms. The van der Waals surface area contributed by atoms with Crippen molar-refractivity contribution in [3.05, 3.63) is 42.2 Å². The maximum absolute atomic E-state index is 13.9. The monoisotopic (exact) mass is 614 g/mol. The first kappa shape index (κ1) is 32.0. The molecule has 0 saturated carbocycles. The molecule has 1 aromatic heterocycles. The minimum absolute atomic E-state index is 0. The van der Waals surface area contributed by atoms with E-state index in [2.05, 4.69) is 18.7 Å². The SMILES string of the molecule is CCN(CC)CCN(C(=O)C1CCN(S(=O)(=O)c2ccc(F)cc2)CC1)c1nc2c(OC)ccc(OC)c2s1.Cl. The number of carbonyl (C=O) groups is 1. The van der Waals surface area contributed by atoms with Gasteiger partial charge in [0.2, 0.25) is 15.9 Å². The molecule has 0 atom stereocenters. The maximum Gasteiger partial charge on any atom is 0.243 e. The van der Waals surface area contributed by atoms with E-state index in [0.717, 1.165) is 29.9 Å². The van der Waals surface area contributed by atoms with Crippen molar-refractivity contribution >= 4 is 55.0 Å². The number of ether oxygens (including phenoxy) is 2. The molecule has 220 valence electrons. The highest BCUT2D eigenvalue weighted by molar-refractivity contribution is 7.89. The molecule has 13 heteroatoms. The Bertz CT molecular complexity index is 1350. The van der Waals surface area contributed by atoms with Crippen LogP contribution in [-0.4, -0.2) is 82.0 Å². The van der Waals surface area contributed by atoms with E-state index in [-0.39, 0.29) is 42.2 Å². The summed E-state index contributed by atoms with van der Waals surface area (Å²) in [7, 11) is -0.589. The molecule has 0 aliphatic carbocycles. The van der Waals surface area contributed by atoms with Crippen LogP contribution in [0.25, 0.3) is 10.2 Å². The third-order valence-electron chi connectivity index (χ3n) is 7.18. The molecule has 1 fully saturated rings. The number of likely N-dealkylation sites (N-methyl/N-ethyl adjacent to an activating group) is 1. The van der Waals surface area contributed by atoms with Crippen molar-refractivity contribution in [2.45, 2.75) is 31.6 Å².